The lowest BCUT2D eigenvalue weighted by molar-refractivity contribution is 0.0941. The molecule has 0 aliphatic carbocycles. The van der Waals surface area contributed by atoms with Crippen LogP contribution in [0.15, 0.2) is 47.3 Å². The normalized spacial score (nSPS) is 11.4. The molecule has 2 aromatic rings. The van der Waals surface area contributed by atoms with Crippen molar-refractivity contribution < 1.29 is 4.79 Å². The quantitative estimate of drug-likeness (QED) is 0.824. The van der Waals surface area contributed by atoms with E-state index in [0.29, 0.717) is 19.6 Å². The zero-order valence-electron chi connectivity index (χ0n) is 12.9. The van der Waals surface area contributed by atoms with Crippen LogP contribution in [-0.4, -0.2) is 28.8 Å². The molecule has 23 heavy (non-hydrogen) atoms. The summed E-state index contributed by atoms with van der Waals surface area (Å²) in [6.07, 6.45) is 0. The van der Waals surface area contributed by atoms with Gasteiger partial charge in [0.2, 0.25) is 0 Å². The molecule has 0 aliphatic rings. The van der Waals surface area contributed by atoms with Crippen molar-refractivity contribution >= 4 is 18.3 Å². The Balaban J connectivity index is 0.00000264. The molecule has 0 fully saturated rings. The van der Waals surface area contributed by atoms with E-state index >= 15 is 0 Å². The van der Waals surface area contributed by atoms with Gasteiger partial charge in [0.25, 0.3) is 11.5 Å². The van der Waals surface area contributed by atoms with Crippen LogP contribution in [0, 0.1) is 5.92 Å². The largest absolute Gasteiger partial charge is 0.350 e. The van der Waals surface area contributed by atoms with Gasteiger partial charge in [0.1, 0.15) is 5.69 Å². The molecule has 2 rings (SSSR count). The molecule has 1 amide bonds. The smallest absolute Gasteiger partial charge is 0.271 e. The number of hydrogen-bond acceptors (Lipinski definition) is 4. The fraction of sp³-hybridized carbons (Fsp3) is 0.312. The Morgan fingerprint density at radius 2 is 1.96 bits per heavy atom. The predicted octanol–water partition coefficient (Wildman–Crippen LogP) is 1.04. The molecule has 0 spiro atoms. The lowest BCUT2D eigenvalue weighted by atomic mass is 10.2. The lowest BCUT2D eigenvalue weighted by Crippen LogP contribution is -2.33. The van der Waals surface area contributed by atoms with Gasteiger partial charge < -0.3 is 11.1 Å². The lowest BCUT2D eigenvalue weighted by Gasteiger charge is -2.10. The minimum Gasteiger partial charge on any atom is -0.350 e. The fourth-order valence-electron chi connectivity index (χ4n) is 1.88. The summed E-state index contributed by atoms with van der Waals surface area (Å²) in [4.78, 5) is 23.9. The Kier molecular flexibility index (Phi) is 7.44. The van der Waals surface area contributed by atoms with E-state index in [1.54, 1.807) is 0 Å². The first-order chi connectivity index (χ1) is 10.6. The molecule has 0 bridgehead atoms. The zero-order valence-corrected chi connectivity index (χ0v) is 13.8. The van der Waals surface area contributed by atoms with Crippen LogP contribution < -0.4 is 16.6 Å². The second kappa shape index (κ2) is 9.07. The van der Waals surface area contributed by atoms with Crippen molar-refractivity contribution in [1.29, 1.82) is 0 Å². The first-order valence-corrected chi connectivity index (χ1v) is 7.20. The van der Waals surface area contributed by atoms with E-state index in [2.05, 4.69) is 10.4 Å². The monoisotopic (exact) mass is 336 g/mol. The topological polar surface area (TPSA) is 90.0 Å². The number of carbonyl (C=O) groups excluding carboxylic acids is 1. The molecule has 0 saturated carbocycles. The molecular weight excluding hydrogens is 316 g/mol. The molecule has 3 N–H and O–H groups in total. The zero-order chi connectivity index (χ0) is 15.9. The van der Waals surface area contributed by atoms with E-state index in [1.165, 1.54) is 16.8 Å². The van der Waals surface area contributed by atoms with Crippen molar-refractivity contribution in [1.82, 2.24) is 15.1 Å². The molecule has 0 saturated heterocycles. The molecule has 1 atom stereocenters. The third kappa shape index (κ3) is 5.50. The predicted molar refractivity (Wildman–Crippen MR) is 91.8 cm³/mol. The highest BCUT2D eigenvalue weighted by Gasteiger charge is 2.10. The van der Waals surface area contributed by atoms with Gasteiger partial charge in [0.05, 0.1) is 6.54 Å². The van der Waals surface area contributed by atoms with Gasteiger partial charge in [0.15, 0.2) is 0 Å². The summed E-state index contributed by atoms with van der Waals surface area (Å²) in [6.45, 7) is 3.26. The van der Waals surface area contributed by atoms with Gasteiger partial charge in [-0.1, -0.05) is 37.3 Å². The first-order valence-electron chi connectivity index (χ1n) is 7.20. The Morgan fingerprint density at radius 3 is 2.61 bits per heavy atom. The number of rotatable bonds is 6. The van der Waals surface area contributed by atoms with Crippen molar-refractivity contribution in [2.45, 2.75) is 13.5 Å². The van der Waals surface area contributed by atoms with Gasteiger partial charge in [-0.25, -0.2) is 4.68 Å². The van der Waals surface area contributed by atoms with E-state index < -0.39 is 0 Å². The van der Waals surface area contributed by atoms with Crippen LogP contribution in [-0.2, 0) is 6.54 Å². The summed E-state index contributed by atoms with van der Waals surface area (Å²) in [5.74, 6) is -0.110. The minimum absolute atomic E-state index is 0. The van der Waals surface area contributed by atoms with E-state index in [-0.39, 0.29) is 35.5 Å². The van der Waals surface area contributed by atoms with Crippen molar-refractivity contribution in [3.05, 3.63) is 64.1 Å². The SMILES string of the molecule is CC(CN)CNC(=O)c1ccc(=O)n(Cc2ccccc2)n1.Cl. The van der Waals surface area contributed by atoms with Gasteiger partial charge in [-0.2, -0.15) is 5.10 Å². The molecule has 124 valence electrons. The van der Waals surface area contributed by atoms with Crippen LogP contribution in [0.1, 0.15) is 23.0 Å². The number of hydrogen-bond donors (Lipinski definition) is 2. The number of nitrogens with one attached hydrogen (secondary N) is 1. The maximum Gasteiger partial charge on any atom is 0.271 e. The number of aromatic nitrogens is 2. The Bertz CT molecular complexity index is 688. The molecule has 6 nitrogen and oxygen atoms in total. The molecule has 7 heteroatoms. The summed E-state index contributed by atoms with van der Waals surface area (Å²) in [7, 11) is 0. The van der Waals surface area contributed by atoms with Crippen LogP contribution in [0.5, 0.6) is 0 Å². The van der Waals surface area contributed by atoms with E-state index in [9.17, 15) is 9.59 Å². The third-order valence-corrected chi connectivity index (χ3v) is 3.29. The summed E-state index contributed by atoms with van der Waals surface area (Å²) >= 11 is 0. The van der Waals surface area contributed by atoms with Crippen LogP contribution >= 0.6 is 12.4 Å². The third-order valence-electron chi connectivity index (χ3n) is 3.29. The molecule has 1 aromatic heterocycles. The number of benzene rings is 1. The molecule has 0 aliphatic heterocycles. The highest BCUT2D eigenvalue weighted by Crippen LogP contribution is 2.00. The van der Waals surface area contributed by atoms with Crippen LogP contribution in [0.4, 0.5) is 0 Å². The maximum absolute atomic E-state index is 12.1. The Morgan fingerprint density at radius 1 is 1.26 bits per heavy atom. The maximum atomic E-state index is 12.1. The van der Waals surface area contributed by atoms with Crippen molar-refractivity contribution in [2.75, 3.05) is 13.1 Å². The Hall–Kier alpha value is -2.18. The highest BCUT2D eigenvalue weighted by molar-refractivity contribution is 5.91. The molecule has 1 aromatic carbocycles. The molecular formula is C16H21ClN4O2. The first kappa shape index (κ1) is 18.9. The Labute approximate surface area is 141 Å². The van der Waals surface area contributed by atoms with Crippen LogP contribution in [0.3, 0.4) is 0 Å². The van der Waals surface area contributed by atoms with Crippen LogP contribution in [0.2, 0.25) is 0 Å². The van der Waals surface area contributed by atoms with Crippen molar-refractivity contribution in [2.24, 2.45) is 11.7 Å². The van der Waals surface area contributed by atoms with Crippen molar-refractivity contribution in [3.63, 3.8) is 0 Å². The number of amides is 1. The van der Waals surface area contributed by atoms with Gasteiger partial charge in [0, 0.05) is 12.6 Å². The molecule has 1 heterocycles. The van der Waals surface area contributed by atoms with Crippen molar-refractivity contribution in [3.8, 4) is 0 Å². The number of halogens is 1. The summed E-state index contributed by atoms with van der Waals surface area (Å²) in [6, 6.07) is 12.3. The summed E-state index contributed by atoms with van der Waals surface area (Å²) in [5, 5.41) is 6.90. The summed E-state index contributed by atoms with van der Waals surface area (Å²) in [5.41, 5.74) is 6.45. The van der Waals surface area contributed by atoms with Gasteiger partial charge >= 0.3 is 0 Å². The van der Waals surface area contributed by atoms with E-state index in [0.717, 1.165) is 5.56 Å². The number of nitrogens with zero attached hydrogens (tertiary/aromatic N) is 2. The van der Waals surface area contributed by atoms with Gasteiger partial charge in [-0.15, -0.1) is 12.4 Å². The van der Waals surface area contributed by atoms with E-state index in [4.69, 9.17) is 5.73 Å². The molecule has 0 radical (unpaired) electrons. The van der Waals surface area contributed by atoms with E-state index in [1.807, 2.05) is 37.3 Å². The second-order valence-corrected chi connectivity index (χ2v) is 5.25. The standard InChI is InChI=1S/C16H20N4O2.ClH/c1-12(9-17)10-18-16(22)14-7-8-15(21)20(19-14)11-13-5-3-2-4-6-13;/h2-8,12H,9-11,17H2,1H3,(H,18,22);1H. The second-order valence-electron chi connectivity index (χ2n) is 5.25. The average Bonchev–Trinajstić information content (AvgIpc) is 2.55. The summed E-state index contributed by atoms with van der Waals surface area (Å²) < 4.78 is 1.29. The highest BCUT2D eigenvalue weighted by atomic mass is 35.5. The van der Waals surface area contributed by atoms with Crippen LogP contribution in [0.25, 0.3) is 0 Å². The number of carbonyl (C=O) groups is 1. The molecule has 1 unspecified atom stereocenters. The number of nitrogens with two attached hydrogens (primary N) is 1. The minimum atomic E-state index is -0.304. The van der Waals surface area contributed by atoms with Gasteiger partial charge in [-0.3, -0.25) is 9.59 Å². The fourth-order valence-corrected chi connectivity index (χ4v) is 1.88. The van der Waals surface area contributed by atoms with Gasteiger partial charge in [-0.05, 0) is 24.1 Å². The average molecular weight is 337 g/mol.